The SMILES string of the molecule is COC(=O)c1ccccc1C(=O)OCC(=O)Nc1nc(C)cs1. The van der Waals surface area contributed by atoms with E-state index in [2.05, 4.69) is 15.0 Å². The molecule has 0 saturated heterocycles. The lowest BCUT2D eigenvalue weighted by Crippen LogP contribution is -2.22. The minimum atomic E-state index is -0.781. The summed E-state index contributed by atoms with van der Waals surface area (Å²) in [5.41, 5.74) is 0.905. The van der Waals surface area contributed by atoms with Gasteiger partial charge >= 0.3 is 11.9 Å². The van der Waals surface area contributed by atoms with Gasteiger partial charge < -0.3 is 9.47 Å². The van der Waals surface area contributed by atoms with Gasteiger partial charge in [0.1, 0.15) is 0 Å². The number of nitrogens with one attached hydrogen (secondary N) is 1. The standard InChI is InChI=1S/C15H14N2O5S/c1-9-8-23-15(16-9)17-12(18)7-22-14(20)11-6-4-3-5-10(11)13(19)21-2/h3-6,8H,7H2,1-2H3,(H,16,17,18). The first-order chi connectivity index (χ1) is 11.0. The molecule has 0 spiro atoms. The van der Waals surface area contributed by atoms with Gasteiger partial charge in [-0.15, -0.1) is 11.3 Å². The largest absolute Gasteiger partial charge is 0.465 e. The molecule has 0 fully saturated rings. The van der Waals surface area contributed by atoms with E-state index in [1.807, 2.05) is 0 Å². The van der Waals surface area contributed by atoms with Crippen LogP contribution in [0.1, 0.15) is 26.4 Å². The van der Waals surface area contributed by atoms with Crippen LogP contribution in [-0.4, -0.2) is 36.5 Å². The lowest BCUT2D eigenvalue weighted by atomic mass is 10.1. The fourth-order valence-electron chi connectivity index (χ4n) is 1.72. The molecule has 1 aromatic heterocycles. The number of nitrogens with zero attached hydrogens (tertiary/aromatic N) is 1. The molecule has 0 aliphatic rings. The summed E-state index contributed by atoms with van der Waals surface area (Å²) in [6.07, 6.45) is 0. The molecule has 2 rings (SSSR count). The molecule has 0 aliphatic heterocycles. The molecule has 0 atom stereocenters. The number of hydrogen-bond donors (Lipinski definition) is 1. The maximum Gasteiger partial charge on any atom is 0.339 e. The number of anilines is 1. The summed E-state index contributed by atoms with van der Waals surface area (Å²) in [5.74, 6) is -1.94. The number of aryl methyl sites for hydroxylation is 1. The Hall–Kier alpha value is -2.74. The normalized spacial score (nSPS) is 10.0. The zero-order valence-electron chi connectivity index (χ0n) is 12.5. The fraction of sp³-hybridized carbons (Fsp3) is 0.200. The van der Waals surface area contributed by atoms with E-state index in [9.17, 15) is 14.4 Å². The molecule has 2 aromatic rings. The van der Waals surface area contributed by atoms with Gasteiger partial charge in [0.25, 0.3) is 5.91 Å². The molecule has 0 unspecified atom stereocenters. The molecule has 1 aromatic carbocycles. The topological polar surface area (TPSA) is 94.6 Å². The van der Waals surface area contributed by atoms with Crippen molar-refractivity contribution in [1.82, 2.24) is 4.98 Å². The Labute approximate surface area is 136 Å². The highest BCUT2D eigenvalue weighted by Crippen LogP contribution is 2.14. The van der Waals surface area contributed by atoms with Gasteiger partial charge in [0.15, 0.2) is 11.7 Å². The second-order valence-corrected chi connectivity index (χ2v) is 5.31. The van der Waals surface area contributed by atoms with Crippen LogP contribution in [0.15, 0.2) is 29.6 Å². The van der Waals surface area contributed by atoms with Crippen LogP contribution in [0.4, 0.5) is 5.13 Å². The van der Waals surface area contributed by atoms with Crippen LogP contribution in [0.3, 0.4) is 0 Å². The molecule has 7 nitrogen and oxygen atoms in total. The number of carbonyl (C=O) groups is 3. The lowest BCUT2D eigenvalue weighted by Gasteiger charge is -2.08. The van der Waals surface area contributed by atoms with E-state index in [1.165, 1.54) is 30.6 Å². The van der Waals surface area contributed by atoms with Crippen LogP contribution in [0, 0.1) is 6.92 Å². The molecule has 0 aliphatic carbocycles. The third kappa shape index (κ3) is 4.36. The van der Waals surface area contributed by atoms with Crippen LogP contribution in [0.5, 0.6) is 0 Å². The van der Waals surface area contributed by atoms with Crippen molar-refractivity contribution in [2.45, 2.75) is 6.92 Å². The Bertz CT molecular complexity index is 741. The first kappa shape index (κ1) is 16.6. The van der Waals surface area contributed by atoms with Crippen molar-refractivity contribution in [2.75, 3.05) is 19.0 Å². The number of amides is 1. The number of carbonyl (C=O) groups excluding carboxylic acids is 3. The second-order valence-electron chi connectivity index (χ2n) is 4.46. The van der Waals surface area contributed by atoms with E-state index >= 15 is 0 Å². The van der Waals surface area contributed by atoms with Crippen LogP contribution < -0.4 is 5.32 Å². The molecule has 1 heterocycles. The van der Waals surface area contributed by atoms with E-state index in [0.717, 1.165) is 5.69 Å². The van der Waals surface area contributed by atoms with E-state index in [4.69, 9.17) is 4.74 Å². The molecule has 8 heteroatoms. The van der Waals surface area contributed by atoms with E-state index < -0.39 is 24.5 Å². The highest BCUT2D eigenvalue weighted by molar-refractivity contribution is 7.13. The molecule has 0 saturated carbocycles. The van der Waals surface area contributed by atoms with Crippen molar-refractivity contribution >= 4 is 34.3 Å². The molecule has 1 N–H and O–H groups in total. The summed E-state index contributed by atoms with van der Waals surface area (Å²) < 4.78 is 9.52. The number of rotatable bonds is 5. The van der Waals surface area contributed by atoms with Crippen LogP contribution in [0.2, 0.25) is 0 Å². The summed E-state index contributed by atoms with van der Waals surface area (Å²) in [4.78, 5) is 39.4. The van der Waals surface area contributed by atoms with E-state index in [1.54, 1.807) is 24.4 Å². The summed E-state index contributed by atoms with van der Waals surface area (Å²) in [6.45, 7) is 1.32. The predicted octanol–water partition coefficient (Wildman–Crippen LogP) is 2.03. The molecule has 0 bridgehead atoms. The average molecular weight is 334 g/mol. The van der Waals surface area contributed by atoms with Crippen LogP contribution in [-0.2, 0) is 14.3 Å². The van der Waals surface area contributed by atoms with Gasteiger partial charge in [-0.3, -0.25) is 10.1 Å². The fourth-order valence-corrected chi connectivity index (χ4v) is 2.43. The van der Waals surface area contributed by atoms with Crippen molar-refractivity contribution in [3.05, 3.63) is 46.5 Å². The Morgan fingerprint density at radius 3 is 2.39 bits per heavy atom. The van der Waals surface area contributed by atoms with Gasteiger partial charge in [-0.05, 0) is 19.1 Å². The minimum Gasteiger partial charge on any atom is -0.465 e. The minimum absolute atomic E-state index is 0.0391. The molecular formula is C15H14N2O5S. The highest BCUT2D eigenvalue weighted by Gasteiger charge is 2.19. The average Bonchev–Trinajstić information content (AvgIpc) is 2.96. The lowest BCUT2D eigenvalue weighted by molar-refractivity contribution is -0.119. The third-order valence-corrected chi connectivity index (χ3v) is 3.63. The number of ether oxygens (including phenoxy) is 2. The summed E-state index contributed by atoms with van der Waals surface area (Å²) in [5, 5.41) is 4.73. The number of methoxy groups -OCH3 is 1. The molecule has 120 valence electrons. The maximum atomic E-state index is 12.0. The molecular weight excluding hydrogens is 320 g/mol. The number of esters is 2. The van der Waals surface area contributed by atoms with Crippen molar-refractivity contribution in [1.29, 1.82) is 0 Å². The highest BCUT2D eigenvalue weighted by atomic mass is 32.1. The number of hydrogen-bond acceptors (Lipinski definition) is 7. The van der Waals surface area contributed by atoms with Crippen molar-refractivity contribution < 1.29 is 23.9 Å². The van der Waals surface area contributed by atoms with Gasteiger partial charge in [0.2, 0.25) is 0 Å². The Morgan fingerprint density at radius 2 is 1.83 bits per heavy atom. The summed E-state index contributed by atoms with van der Waals surface area (Å²) >= 11 is 1.27. The Morgan fingerprint density at radius 1 is 1.17 bits per heavy atom. The smallest absolute Gasteiger partial charge is 0.339 e. The van der Waals surface area contributed by atoms with Crippen LogP contribution in [0.25, 0.3) is 0 Å². The molecule has 0 radical (unpaired) electrons. The Kier molecular flexibility index (Phi) is 5.42. The summed E-state index contributed by atoms with van der Waals surface area (Å²) in [6, 6.07) is 6.06. The van der Waals surface area contributed by atoms with Gasteiger partial charge in [-0.1, -0.05) is 12.1 Å². The van der Waals surface area contributed by atoms with Crippen molar-refractivity contribution in [3.63, 3.8) is 0 Å². The van der Waals surface area contributed by atoms with E-state index in [-0.39, 0.29) is 11.1 Å². The second kappa shape index (κ2) is 7.50. The first-order valence-corrected chi connectivity index (χ1v) is 7.45. The van der Waals surface area contributed by atoms with Crippen LogP contribution >= 0.6 is 11.3 Å². The molecule has 1 amide bonds. The predicted molar refractivity (Wildman–Crippen MR) is 83.5 cm³/mol. The molecule has 23 heavy (non-hydrogen) atoms. The quantitative estimate of drug-likeness (QED) is 0.841. The Balaban J connectivity index is 1.97. The monoisotopic (exact) mass is 334 g/mol. The number of benzene rings is 1. The van der Waals surface area contributed by atoms with Gasteiger partial charge in [-0.2, -0.15) is 0 Å². The zero-order chi connectivity index (χ0) is 16.8. The van der Waals surface area contributed by atoms with Crippen molar-refractivity contribution in [3.8, 4) is 0 Å². The zero-order valence-corrected chi connectivity index (χ0v) is 13.3. The summed E-state index contributed by atoms with van der Waals surface area (Å²) in [7, 11) is 1.22. The van der Waals surface area contributed by atoms with Gasteiger partial charge in [0, 0.05) is 5.38 Å². The maximum absolute atomic E-state index is 12.0. The van der Waals surface area contributed by atoms with Gasteiger partial charge in [0.05, 0.1) is 23.9 Å². The number of aromatic nitrogens is 1. The van der Waals surface area contributed by atoms with Crippen molar-refractivity contribution in [2.24, 2.45) is 0 Å². The number of thiazole rings is 1. The van der Waals surface area contributed by atoms with E-state index in [0.29, 0.717) is 5.13 Å². The van der Waals surface area contributed by atoms with Gasteiger partial charge in [-0.25, -0.2) is 14.6 Å². The first-order valence-electron chi connectivity index (χ1n) is 6.57. The third-order valence-electron chi connectivity index (χ3n) is 2.75.